The Morgan fingerprint density at radius 3 is 2.67 bits per heavy atom. The molecule has 15 heavy (non-hydrogen) atoms. The van der Waals surface area contributed by atoms with Gasteiger partial charge < -0.3 is 10.0 Å². The van der Waals surface area contributed by atoms with E-state index < -0.39 is 0 Å². The fraction of sp³-hybridized carbons (Fsp3) is 0.917. The molecule has 1 aliphatic heterocycles. The van der Waals surface area contributed by atoms with Gasteiger partial charge >= 0.3 is 0 Å². The average Bonchev–Trinajstić information content (AvgIpc) is 2.61. The van der Waals surface area contributed by atoms with Gasteiger partial charge in [0.15, 0.2) is 0 Å². The van der Waals surface area contributed by atoms with Crippen LogP contribution in [0.5, 0.6) is 0 Å². The molecule has 1 amide bonds. The number of fused-ring (bicyclic) bond motifs is 1. The van der Waals surface area contributed by atoms with Crippen molar-refractivity contribution in [2.45, 2.75) is 39.2 Å². The van der Waals surface area contributed by atoms with Crippen molar-refractivity contribution in [1.29, 1.82) is 0 Å². The molecule has 1 aliphatic carbocycles. The Bertz CT molecular complexity index is 252. The molecule has 0 aromatic heterocycles. The molecule has 1 N–H and O–H groups in total. The maximum Gasteiger partial charge on any atom is 0.225 e. The fourth-order valence-corrected chi connectivity index (χ4v) is 2.99. The van der Waals surface area contributed by atoms with E-state index in [1.54, 1.807) is 0 Å². The molecule has 0 bridgehead atoms. The summed E-state index contributed by atoms with van der Waals surface area (Å²) in [4.78, 5) is 13.8. The lowest BCUT2D eigenvalue weighted by Gasteiger charge is -2.28. The number of rotatable bonds is 1. The molecule has 0 radical (unpaired) electrons. The van der Waals surface area contributed by atoms with E-state index in [2.05, 4.69) is 0 Å². The van der Waals surface area contributed by atoms with Crippen molar-refractivity contribution in [1.82, 2.24) is 4.90 Å². The zero-order valence-electron chi connectivity index (χ0n) is 9.65. The molecule has 3 nitrogen and oxygen atoms in total. The SMILES string of the molecule is CC(C)C(=O)N1C[C@@H]2CCC[C@@H](O)[C@@H]2C1. The van der Waals surface area contributed by atoms with Gasteiger partial charge in [-0.25, -0.2) is 0 Å². The third-order valence-corrected chi connectivity index (χ3v) is 3.87. The van der Waals surface area contributed by atoms with Gasteiger partial charge in [-0.1, -0.05) is 20.3 Å². The molecule has 0 aromatic rings. The molecular weight excluding hydrogens is 190 g/mol. The van der Waals surface area contributed by atoms with E-state index in [9.17, 15) is 9.90 Å². The van der Waals surface area contributed by atoms with Crippen molar-refractivity contribution in [2.75, 3.05) is 13.1 Å². The molecule has 0 aromatic carbocycles. The van der Waals surface area contributed by atoms with Crippen LogP contribution in [0.2, 0.25) is 0 Å². The summed E-state index contributed by atoms with van der Waals surface area (Å²) in [6.45, 7) is 5.54. The topological polar surface area (TPSA) is 40.5 Å². The quantitative estimate of drug-likeness (QED) is 0.709. The van der Waals surface area contributed by atoms with E-state index >= 15 is 0 Å². The van der Waals surface area contributed by atoms with E-state index in [-0.39, 0.29) is 17.9 Å². The first-order chi connectivity index (χ1) is 7.09. The second kappa shape index (κ2) is 4.12. The molecule has 0 spiro atoms. The second-order valence-electron chi connectivity index (χ2n) is 5.32. The number of likely N-dealkylation sites (tertiary alicyclic amines) is 1. The highest BCUT2D eigenvalue weighted by atomic mass is 16.3. The van der Waals surface area contributed by atoms with Gasteiger partial charge in [0.2, 0.25) is 5.91 Å². The predicted molar refractivity (Wildman–Crippen MR) is 58.3 cm³/mol. The standard InChI is InChI=1S/C12H21NO2/c1-8(2)12(15)13-6-9-4-3-5-11(14)10(9)7-13/h8-11,14H,3-7H2,1-2H3/t9-,10+,11+/m0/s1. The van der Waals surface area contributed by atoms with Crippen LogP contribution in [0, 0.1) is 17.8 Å². The van der Waals surface area contributed by atoms with E-state index in [0.717, 1.165) is 25.9 Å². The largest absolute Gasteiger partial charge is 0.393 e. The van der Waals surface area contributed by atoms with Crippen LogP contribution in [-0.2, 0) is 4.79 Å². The molecule has 1 heterocycles. The number of aliphatic hydroxyl groups excluding tert-OH is 1. The third-order valence-electron chi connectivity index (χ3n) is 3.87. The predicted octanol–water partition coefficient (Wildman–Crippen LogP) is 1.26. The molecule has 86 valence electrons. The van der Waals surface area contributed by atoms with Crippen LogP contribution in [0.4, 0.5) is 0 Å². The van der Waals surface area contributed by atoms with Gasteiger partial charge in [0.25, 0.3) is 0 Å². The minimum absolute atomic E-state index is 0.0855. The van der Waals surface area contributed by atoms with Crippen molar-refractivity contribution in [3.05, 3.63) is 0 Å². The summed E-state index contributed by atoms with van der Waals surface area (Å²) in [5, 5.41) is 9.88. The lowest BCUT2D eigenvalue weighted by atomic mass is 9.80. The molecular formula is C12H21NO2. The molecule has 2 fully saturated rings. The van der Waals surface area contributed by atoms with E-state index in [1.807, 2.05) is 18.7 Å². The highest BCUT2D eigenvalue weighted by Gasteiger charge is 2.41. The lowest BCUT2D eigenvalue weighted by molar-refractivity contribution is -0.133. The summed E-state index contributed by atoms with van der Waals surface area (Å²) in [6, 6.07) is 0. The number of hydrogen-bond donors (Lipinski definition) is 1. The molecule has 3 heteroatoms. The van der Waals surface area contributed by atoms with Crippen LogP contribution in [0.25, 0.3) is 0 Å². The van der Waals surface area contributed by atoms with Crippen LogP contribution in [0.1, 0.15) is 33.1 Å². The smallest absolute Gasteiger partial charge is 0.225 e. The first kappa shape index (κ1) is 10.9. The number of hydrogen-bond acceptors (Lipinski definition) is 2. The Labute approximate surface area is 91.5 Å². The van der Waals surface area contributed by atoms with Crippen LogP contribution in [0.15, 0.2) is 0 Å². The van der Waals surface area contributed by atoms with E-state index in [4.69, 9.17) is 0 Å². The Morgan fingerprint density at radius 2 is 2.07 bits per heavy atom. The number of carbonyl (C=O) groups is 1. The first-order valence-corrected chi connectivity index (χ1v) is 6.06. The first-order valence-electron chi connectivity index (χ1n) is 6.06. The van der Waals surface area contributed by atoms with Gasteiger partial charge in [0.05, 0.1) is 6.10 Å². The minimum atomic E-state index is -0.172. The highest BCUT2D eigenvalue weighted by molar-refractivity contribution is 5.78. The van der Waals surface area contributed by atoms with E-state index in [0.29, 0.717) is 11.8 Å². The Kier molecular flexibility index (Phi) is 3.01. The van der Waals surface area contributed by atoms with Crippen LogP contribution in [0.3, 0.4) is 0 Å². The maximum absolute atomic E-state index is 11.8. The molecule has 2 aliphatic rings. The third kappa shape index (κ3) is 2.03. The van der Waals surface area contributed by atoms with Crippen molar-refractivity contribution in [2.24, 2.45) is 17.8 Å². The molecule has 0 unspecified atom stereocenters. The maximum atomic E-state index is 11.8. The van der Waals surface area contributed by atoms with Crippen molar-refractivity contribution in [3.63, 3.8) is 0 Å². The average molecular weight is 211 g/mol. The van der Waals surface area contributed by atoms with E-state index in [1.165, 1.54) is 6.42 Å². The van der Waals surface area contributed by atoms with Gasteiger partial charge in [-0.05, 0) is 18.8 Å². The van der Waals surface area contributed by atoms with Gasteiger partial charge in [-0.2, -0.15) is 0 Å². The number of carbonyl (C=O) groups excluding carboxylic acids is 1. The monoisotopic (exact) mass is 211 g/mol. The summed E-state index contributed by atoms with van der Waals surface area (Å²) in [7, 11) is 0. The zero-order chi connectivity index (χ0) is 11.0. The number of nitrogens with zero attached hydrogens (tertiary/aromatic N) is 1. The normalized spacial score (nSPS) is 35.7. The van der Waals surface area contributed by atoms with Crippen LogP contribution >= 0.6 is 0 Å². The molecule has 1 saturated carbocycles. The summed E-state index contributed by atoms with van der Waals surface area (Å²) >= 11 is 0. The Hall–Kier alpha value is -0.570. The van der Waals surface area contributed by atoms with Crippen molar-refractivity contribution < 1.29 is 9.90 Å². The fourth-order valence-electron chi connectivity index (χ4n) is 2.99. The highest BCUT2D eigenvalue weighted by Crippen LogP contribution is 2.36. The minimum Gasteiger partial charge on any atom is -0.393 e. The molecule has 1 saturated heterocycles. The Morgan fingerprint density at radius 1 is 1.33 bits per heavy atom. The van der Waals surface area contributed by atoms with Gasteiger partial charge in [0, 0.05) is 24.9 Å². The zero-order valence-corrected chi connectivity index (χ0v) is 9.65. The van der Waals surface area contributed by atoms with Gasteiger partial charge in [-0.3, -0.25) is 4.79 Å². The van der Waals surface area contributed by atoms with Gasteiger partial charge in [-0.15, -0.1) is 0 Å². The summed E-state index contributed by atoms with van der Waals surface area (Å²) in [6.07, 6.45) is 3.05. The Balaban J connectivity index is 2.01. The lowest BCUT2D eigenvalue weighted by Crippen LogP contribution is -2.34. The number of amides is 1. The summed E-state index contributed by atoms with van der Waals surface area (Å²) in [5.74, 6) is 1.23. The molecule has 3 atom stereocenters. The second-order valence-corrected chi connectivity index (χ2v) is 5.32. The van der Waals surface area contributed by atoms with Crippen molar-refractivity contribution in [3.8, 4) is 0 Å². The summed E-state index contributed by atoms with van der Waals surface area (Å²) < 4.78 is 0. The van der Waals surface area contributed by atoms with Crippen LogP contribution < -0.4 is 0 Å². The van der Waals surface area contributed by atoms with Gasteiger partial charge in [0.1, 0.15) is 0 Å². The number of aliphatic hydroxyl groups is 1. The van der Waals surface area contributed by atoms with Crippen molar-refractivity contribution >= 4 is 5.91 Å². The summed E-state index contributed by atoms with van der Waals surface area (Å²) in [5.41, 5.74) is 0. The molecule has 2 rings (SSSR count). The van der Waals surface area contributed by atoms with Crippen LogP contribution in [-0.4, -0.2) is 35.1 Å².